The molecule has 5 nitrogen and oxygen atoms in total. The van der Waals surface area contributed by atoms with Gasteiger partial charge in [-0.05, 0) is 46.2 Å². The van der Waals surface area contributed by atoms with Gasteiger partial charge in [-0.3, -0.25) is 9.89 Å². The van der Waals surface area contributed by atoms with E-state index in [0.717, 1.165) is 30.4 Å². The van der Waals surface area contributed by atoms with E-state index in [4.69, 9.17) is 4.74 Å². The van der Waals surface area contributed by atoms with E-state index in [0.29, 0.717) is 18.6 Å². The minimum Gasteiger partial charge on any atom is -0.496 e. The summed E-state index contributed by atoms with van der Waals surface area (Å²) in [6.45, 7) is 13.5. The maximum absolute atomic E-state index is 5.45. The first-order chi connectivity index (χ1) is 11.4. The Morgan fingerprint density at radius 1 is 1.16 bits per heavy atom. The predicted molar refractivity (Wildman–Crippen MR) is 118 cm³/mol. The van der Waals surface area contributed by atoms with E-state index < -0.39 is 0 Å². The molecule has 25 heavy (non-hydrogen) atoms. The van der Waals surface area contributed by atoms with Crippen LogP contribution in [0.4, 0.5) is 0 Å². The van der Waals surface area contributed by atoms with Crippen molar-refractivity contribution in [3.63, 3.8) is 0 Å². The highest BCUT2D eigenvalue weighted by Gasteiger charge is 2.12. The number of guanidine groups is 1. The van der Waals surface area contributed by atoms with E-state index in [-0.39, 0.29) is 24.0 Å². The van der Waals surface area contributed by atoms with Gasteiger partial charge in [-0.25, -0.2) is 0 Å². The summed E-state index contributed by atoms with van der Waals surface area (Å²) in [6.07, 6.45) is 0. The van der Waals surface area contributed by atoms with E-state index in [2.05, 4.69) is 73.3 Å². The van der Waals surface area contributed by atoms with Gasteiger partial charge in [-0.15, -0.1) is 24.0 Å². The lowest BCUT2D eigenvalue weighted by Gasteiger charge is -2.30. The average Bonchev–Trinajstić information content (AvgIpc) is 2.54. The number of hydrogen-bond acceptors (Lipinski definition) is 3. The molecular weight excluding hydrogens is 427 g/mol. The van der Waals surface area contributed by atoms with Crippen molar-refractivity contribution in [2.24, 2.45) is 4.99 Å². The Balaban J connectivity index is 0.00000576. The van der Waals surface area contributed by atoms with Gasteiger partial charge in [0.2, 0.25) is 0 Å². The van der Waals surface area contributed by atoms with Gasteiger partial charge in [0.05, 0.1) is 7.11 Å². The number of nitrogens with one attached hydrogen (secondary N) is 2. The van der Waals surface area contributed by atoms with Crippen molar-refractivity contribution in [3.8, 4) is 5.75 Å². The van der Waals surface area contributed by atoms with Gasteiger partial charge in [0.25, 0.3) is 0 Å². The summed E-state index contributed by atoms with van der Waals surface area (Å²) in [7, 11) is 3.50. The molecule has 0 fully saturated rings. The standard InChI is InChI=1S/C19H34N4O.HI/c1-14(2)23(15(3)4)11-10-21-19(20-6)22-13-17-9-8-16(5)12-18(17)24-7;/h8-9,12,14-15H,10-11,13H2,1-7H3,(H2,20,21,22);1H. The molecule has 0 saturated carbocycles. The fourth-order valence-corrected chi connectivity index (χ4v) is 2.81. The largest absolute Gasteiger partial charge is 0.496 e. The minimum absolute atomic E-state index is 0. The van der Waals surface area contributed by atoms with Crippen LogP contribution < -0.4 is 15.4 Å². The minimum atomic E-state index is 0. The van der Waals surface area contributed by atoms with Crippen molar-refractivity contribution < 1.29 is 4.74 Å². The van der Waals surface area contributed by atoms with Gasteiger partial charge in [-0.1, -0.05) is 12.1 Å². The molecular formula is C19H35IN4O. The molecule has 1 rings (SSSR count). The third-order valence-corrected chi connectivity index (χ3v) is 4.10. The monoisotopic (exact) mass is 462 g/mol. The summed E-state index contributed by atoms with van der Waals surface area (Å²) in [5, 5.41) is 6.74. The number of nitrogens with zero attached hydrogens (tertiary/aromatic N) is 2. The molecule has 1 aromatic rings. The number of methoxy groups -OCH3 is 1. The maximum atomic E-state index is 5.45. The first kappa shape index (κ1) is 24.0. The van der Waals surface area contributed by atoms with Crippen LogP contribution in [0.1, 0.15) is 38.8 Å². The lowest BCUT2D eigenvalue weighted by Crippen LogP contribution is -2.45. The second kappa shape index (κ2) is 12.4. The molecule has 0 aliphatic rings. The van der Waals surface area contributed by atoms with E-state index >= 15 is 0 Å². The molecule has 144 valence electrons. The van der Waals surface area contributed by atoms with Gasteiger partial charge < -0.3 is 15.4 Å². The molecule has 0 unspecified atom stereocenters. The molecule has 0 atom stereocenters. The second-order valence-corrected chi connectivity index (χ2v) is 6.59. The summed E-state index contributed by atoms with van der Waals surface area (Å²) in [6, 6.07) is 7.32. The summed E-state index contributed by atoms with van der Waals surface area (Å²) in [5.41, 5.74) is 2.32. The highest BCUT2D eigenvalue weighted by atomic mass is 127. The Kier molecular flexibility index (Phi) is 11.8. The van der Waals surface area contributed by atoms with Crippen LogP contribution in [-0.2, 0) is 6.54 Å². The first-order valence-electron chi connectivity index (χ1n) is 8.72. The van der Waals surface area contributed by atoms with E-state index in [1.807, 2.05) is 0 Å². The van der Waals surface area contributed by atoms with Crippen LogP contribution in [0.2, 0.25) is 0 Å². The predicted octanol–water partition coefficient (Wildman–Crippen LogP) is 3.41. The molecule has 0 saturated heterocycles. The SMILES string of the molecule is CN=C(NCCN(C(C)C)C(C)C)NCc1ccc(C)cc1OC.I. The number of aliphatic imine (C=N–C) groups is 1. The average molecular weight is 462 g/mol. The van der Waals surface area contributed by atoms with E-state index in [9.17, 15) is 0 Å². The maximum Gasteiger partial charge on any atom is 0.191 e. The zero-order valence-corrected chi connectivity index (χ0v) is 19.0. The van der Waals surface area contributed by atoms with Crippen LogP contribution in [0.5, 0.6) is 5.75 Å². The molecule has 0 heterocycles. The van der Waals surface area contributed by atoms with Gasteiger partial charge in [0.1, 0.15) is 5.75 Å². The van der Waals surface area contributed by atoms with Crippen molar-refractivity contribution in [1.82, 2.24) is 15.5 Å². The second-order valence-electron chi connectivity index (χ2n) is 6.59. The number of aryl methyl sites for hydroxylation is 1. The quantitative estimate of drug-likeness (QED) is 0.353. The summed E-state index contributed by atoms with van der Waals surface area (Å²) < 4.78 is 5.45. The number of rotatable bonds is 8. The van der Waals surface area contributed by atoms with Gasteiger partial charge >= 0.3 is 0 Å². The van der Waals surface area contributed by atoms with Crippen LogP contribution in [0.15, 0.2) is 23.2 Å². The number of benzene rings is 1. The number of hydrogen-bond donors (Lipinski definition) is 2. The number of ether oxygens (including phenoxy) is 1. The normalized spacial score (nSPS) is 11.7. The number of halogens is 1. The van der Waals surface area contributed by atoms with Crippen LogP contribution in [0.3, 0.4) is 0 Å². The zero-order chi connectivity index (χ0) is 18.1. The molecule has 0 amide bonds. The van der Waals surface area contributed by atoms with Crippen LogP contribution in [0, 0.1) is 6.92 Å². The van der Waals surface area contributed by atoms with Crippen molar-refractivity contribution in [2.45, 2.75) is 53.2 Å². The Morgan fingerprint density at radius 2 is 1.80 bits per heavy atom. The summed E-state index contributed by atoms with van der Waals surface area (Å²) in [4.78, 5) is 6.76. The Hall–Kier alpha value is -1.02. The first-order valence-corrected chi connectivity index (χ1v) is 8.72. The Morgan fingerprint density at radius 3 is 2.32 bits per heavy atom. The summed E-state index contributed by atoms with van der Waals surface area (Å²) >= 11 is 0. The van der Waals surface area contributed by atoms with Crippen LogP contribution in [0.25, 0.3) is 0 Å². The van der Waals surface area contributed by atoms with E-state index in [1.54, 1.807) is 14.2 Å². The Bertz CT molecular complexity index is 524. The van der Waals surface area contributed by atoms with Gasteiger partial charge in [0, 0.05) is 44.3 Å². The highest BCUT2D eigenvalue weighted by molar-refractivity contribution is 14.0. The van der Waals surface area contributed by atoms with Crippen LogP contribution >= 0.6 is 24.0 Å². The topological polar surface area (TPSA) is 48.9 Å². The third-order valence-electron chi connectivity index (χ3n) is 4.10. The third kappa shape index (κ3) is 8.27. The summed E-state index contributed by atoms with van der Waals surface area (Å²) in [5.74, 6) is 1.72. The fraction of sp³-hybridized carbons (Fsp3) is 0.632. The van der Waals surface area contributed by atoms with Crippen molar-refractivity contribution in [1.29, 1.82) is 0 Å². The highest BCUT2D eigenvalue weighted by Crippen LogP contribution is 2.19. The Labute approximate surface area is 170 Å². The lowest BCUT2D eigenvalue weighted by atomic mass is 10.1. The van der Waals surface area contributed by atoms with E-state index in [1.165, 1.54) is 5.56 Å². The molecule has 0 radical (unpaired) electrons. The smallest absolute Gasteiger partial charge is 0.191 e. The fourth-order valence-electron chi connectivity index (χ4n) is 2.81. The molecule has 2 N–H and O–H groups in total. The molecule has 0 aromatic heterocycles. The van der Waals surface area contributed by atoms with Crippen molar-refractivity contribution in [3.05, 3.63) is 29.3 Å². The van der Waals surface area contributed by atoms with Crippen molar-refractivity contribution >= 4 is 29.9 Å². The molecule has 0 aliphatic heterocycles. The van der Waals surface area contributed by atoms with Crippen LogP contribution in [-0.4, -0.2) is 50.2 Å². The van der Waals surface area contributed by atoms with Crippen molar-refractivity contribution in [2.75, 3.05) is 27.2 Å². The molecule has 1 aromatic carbocycles. The molecule has 0 aliphatic carbocycles. The van der Waals surface area contributed by atoms with Gasteiger partial charge in [-0.2, -0.15) is 0 Å². The lowest BCUT2D eigenvalue weighted by molar-refractivity contribution is 0.178. The molecule has 0 spiro atoms. The molecule has 6 heteroatoms. The zero-order valence-electron chi connectivity index (χ0n) is 16.7. The van der Waals surface area contributed by atoms with Gasteiger partial charge in [0.15, 0.2) is 5.96 Å². The molecule has 0 bridgehead atoms.